The molecule has 1 heterocycles. The molecular formula is C20H18BrIN2O3S. The number of benzene rings is 2. The Balaban J connectivity index is 1.90. The van der Waals surface area contributed by atoms with E-state index in [1.807, 2.05) is 44.2 Å². The summed E-state index contributed by atoms with van der Waals surface area (Å²) >= 11 is 7.06. The van der Waals surface area contributed by atoms with E-state index in [1.54, 1.807) is 14.2 Å². The molecule has 1 fully saturated rings. The van der Waals surface area contributed by atoms with Gasteiger partial charge in [-0.15, -0.1) is 0 Å². The molecule has 0 radical (unpaired) electrons. The van der Waals surface area contributed by atoms with Crippen LogP contribution in [-0.2, 0) is 4.79 Å². The molecule has 2 aromatic rings. The minimum atomic E-state index is -0.168. The first-order valence-corrected chi connectivity index (χ1v) is 11.0. The molecule has 0 aliphatic carbocycles. The predicted molar refractivity (Wildman–Crippen MR) is 127 cm³/mol. The first kappa shape index (κ1) is 21.2. The average molecular weight is 573 g/mol. The molecule has 0 atom stereocenters. The first-order valence-electron chi connectivity index (χ1n) is 8.30. The Hall–Kier alpha value is -1.52. The lowest BCUT2D eigenvalue weighted by Gasteiger charge is -2.10. The summed E-state index contributed by atoms with van der Waals surface area (Å²) in [6, 6.07) is 7.75. The number of nitrogens with one attached hydrogen (secondary N) is 1. The number of carbonyl (C=O) groups is 1. The fourth-order valence-corrected chi connectivity index (χ4v) is 4.67. The van der Waals surface area contributed by atoms with Crippen molar-refractivity contribution in [2.75, 3.05) is 14.2 Å². The van der Waals surface area contributed by atoms with Gasteiger partial charge in [-0.2, -0.15) is 0 Å². The van der Waals surface area contributed by atoms with Gasteiger partial charge in [-0.1, -0.05) is 15.9 Å². The summed E-state index contributed by atoms with van der Waals surface area (Å²) in [6.07, 6.45) is 1.82. The Kier molecular flexibility index (Phi) is 6.72. The number of nitrogens with zero attached hydrogens (tertiary/aromatic N) is 1. The van der Waals surface area contributed by atoms with E-state index in [0.717, 1.165) is 30.4 Å². The number of hydrogen-bond donors (Lipinski definition) is 1. The molecule has 1 N–H and O–H groups in total. The summed E-state index contributed by atoms with van der Waals surface area (Å²) < 4.78 is 12.7. The zero-order valence-corrected chi connectivity index (χ0v) is 20.3. The Morgan fingerprint density at radius 3 is 2.43 bits per heavy atom. The summed E-state index contributed by atoms with van der Waals surface area (Å²) in [6.45, 7) is 4.04. The van der Waals surface area contributed by atoms with Gasteiger partial charge in [-0.3, -0.25) is 4.79 Å². The molecule has 1 aliphatic rings. The Labute approximate surface area is 190 Å². The highest BCUT2D eigenvalue weighted by atomic mass is 127. The SMILES string of the molecule is COc1cc(/C=C2\SC(=Nc3cc(C)c(Br)c(C)c3)NC2=O)cc(I)c1OC. The van der Waals surface area contributed by atoms with Crippen LogP contribution in [0.5, 0.6) is 11.5 Å². The predicted octanol–water partition coefficient (Wildman–Crippen LogP) is 5.58. The quantitative estimate of drug-likeness (QED) is 0.384. The Morgan fingerprint density at radius 2 is 1.82 bits per heavy atom. The number of methoxy groups -OCH3 is 2. The van der Waals surface area contributed by atoms with Gasteiger partial charge in [-0.05, 0) is 95.2 Å². The zero-order chi connectivity index (χ0) is 20.4. The molecule has 1 aliphatic heterocycles. The third kappa shape index (κ3) is 4.55. The van der Waals surface area contributed by atoms with Gasteiger partial charge in [0.05, 0.1) is 28.4 Å². The molecule has 3 rings (SSSR count). The fraction of sp³-hybridized carbons (Fsp3) is 0.200. The molecule has 8 heteroatoms. The van der Waals surface area contributed by atoms with Crippen molar-refractivity contribution < 1.29 is 14.3 Å². The van der Waals surface area contributed by atoms with Gasteiger partial charge in [0.1, 0.15) is 0 Å². The minimum absolute atomic E-state index is 0.168. The number of aliphatic imine (C=N–C) groups is 1. The molecule has 146 valence electrons. The number of ether oxygens (including phenoxy) is 2. The van der Waals surface area contributed by atoms with E-state index in [4.69, 9.17) is 9.47 Å². The third-order valence-electron chi connectivity index (χ3n) is 4.06. The Morgan fingerprint density at radius 1 is 1.14 bits per heavy atom. The van der Waals surface area contributed by atoms with E-state index in [9.17, 15) is 4.79 Å². The van der Waals surface area contributed by atoms with E-state index in [1.165, 1.54) is 11.8 Å². The fourth-order valence-electron chi connectivity index (χ4n) is 2.76. The maximum Gasteiger partial charge on any atom is 0.264 e. The molecule has 0 saturated carbocycles. The third-order valence-corrected chi connectivity index (χ3v) is 7.02. The van der Waals surface area contributed by atoms with Gasteiger partial charge in [0.15, 0.2) is 16.7 Å². The van der Waals surface area contributed by atoms with Crippen LogP contribution < -0.4 is 14.8 Å². The van der Waals surface area contributed by atoms with E-state index >= 15 is 0 Å². The van der Waals surface area contributed by atoms with Gasteiger partial charge < -0.3 is 14.8 Å². The lowest BCUT2D eigenvalue weighted by molar-refractivity contribution is -0.115. The highest BCUT2D eigenvalue weighted by Gasteiger charge is 2.24. The van der Waals surface area contributed by atoms with E-state index in [0.29, 0.717) is 21.6 Å². The van der Waals surface area contributed by atoms with Crippen molar-refractivity contribution >= 4 is 73.1 Å². The Bertz CT molecular complexity index is 998. The maximum absolute atomic E-state index is 12.4. The molecule has 1 saturated heterocycles. The van der Waals surface area contributed by atoms with Crippen molar-refractivity contribution in [2.45, 2.75) is 13.8 Å². The smallest absolute Gasteiger partial charge is 0.264 e. The minimum Gasteiger partial charge on any atom is -0.493 e. The topological polar surface area (TPSA) is 59.9 Å². The van der Waals surface area contributed by atoms with Crippen LogP contribution in [0.25, 0.3) is 6.08 Å². The summed E-state index contributed by atoms with van der Waals surface area (Å²) in [5.74, 6) is 1.13. The molecule has 0 bridgehead atoms. The monoisotopic (exact) mass is 572 g/mol. The molecule has 28 heavy (non-hydrogen) atoms. The van der Waals surface area contributed by atoms with E-state index in [2.05, 4.69) is 48.8 Å². The number of halogens is 2. The largest absolute Gasteiger partial charge is 0.493 e. The second-order valence-corrected chi connectivity index (χ2v) is 9.10. The van der Waals surface area contributed by atoms with Crippen LogP contribution in [0.4, 0.5) is 5.69 Å². The number of hydrogen-bond acceptors (Lipinski definition) is 5. The van der Waals surface area contributed by atoms with Crippen molar-refractivity contribution in [3.8, 4) is 11.5 Å². The van der Waals surface area contributed by atoms with Gasteiger partial charge in [-0.25, -0.2) is 4.99 Å². The van der Waals surface area contributed by atoms with Crippen LogP contribution in [-0.4, -0.2) is 25.3 Å². The zero-order valence-electron chi connectivity index (χ0n) is 15.7. The lowest BCUT2D eigenvalue weighted by atomic mass is 10.1. The molecule has 1 amide bonds. The van der Waals surface area contributed by atoms with Gasteiger partial charge >= 0.3 is 0 Å². The summed E-state index contributed by atoms with van der Waals surface area (Å²) in [5.41, 5.74) is 3.87. The van der Waals surface area contributed by atoms with Gasteiger partial charge in [0, 0.05) is 4.47 Å². The van der Waals surface area contributed by atoms with Crippen molar-refractivity contribution in [3.05, 3.63) is 53.9 Å². The standard InChI is InChI=1S/C20H18BrIN2O3S/c1-10-5-13(6-11(2)17(10)21)23-20-24-19(25)16(28-20)9-12-7-14(22)18(27-4)15(8-12)26-3/h5-9H,1-4H3,(H,23,24,25)/b16-9-. The van der Waals surface area contributed by atoms with Gasteiger partial charge in [0.25, 0.3) is 5.91 Å². The number of aryl methyl sites for hydroxylation is 2. The normalized spacial score (nSPS) is 16.6. The van der Waals surface area contributed by atoms with Crippen LogP contribution >= 0.6 is 50.3 Å². The van der Waals surface area contributed by atoms with Crippen LogP contribution in [0.2, 0.25) is 0 Å². The number of amides is 1. The van der Waals surface area contributed by atoms with Crippen LogP contribution in [0.15, 0.2) is 38.6 Å². The highest BCUT2D eigenvalue weighted by molar-refractivity contribution is 14.1. The second-order valence-electron chi connectivity index (χ2n) is 6.11. The van der Waals surface area contributed by atoms with Crippen LogP contribution in [0.3, 0.4) is 0 Å². The lowest BCUT2D eigenvalue weighted by Crippen LogP contribution is -2.19. The molecule has 0 unspecified atom stereocenters. The molecule has 2 aromatic carbocycles. The molecular weight excluding hydrogens is 555 g/mol. The van der Waals surface area contributed by atoms with E-state index in [-0.39, 0.29) is 5.91 Å². The molecule has 0 spiro atoms. The average Bonchev–Trinajstić information content (AvgIpc) is 2.97. The van der Waals surface area contributed by atoms with Crippen molar-refractivity contribution in [1.29, 1.82) is 0 Å². The molecule has 0 aromatic heterocycles. The maximum atomic E-state index is 12.4. The summed E-state index contributed by atoms with van der Waals surface area (Å²) in [7, 11) is 3.20. The van der Waals surface area contributed by atoms with Gasteiger partial charge in [0.2, 0.25) is 0 Å². The van der Waals surface area contributed by atoms with Crippen molar-refractivity contribution in [2.24, 2.45) is 4.99 Å². The number of carbonyl (C=O) groups excluding carboxylic acids is 1. The van der Waals surface area contributed by atoms with Crippen molar-refractivity contribution in [3.63, 3.8) is 0 Å². The highest BCUT2D eigenvalue weighted by Crippen LogP contribution is 2.36. The van der Waals surface area contributed by atoms with Crippen LogP contribution in [0.1, 0.15) is 16.7 Å². The molecule has 5 nitrogen and oxygen atoms in total. The number of thioether (sulfide) groups is 1. The summed E-state index contributed by atoms with van der Waals surface area (Å²) in [4.78, 5) is 17.5. The number of amidine groups is 1. The van der Waals surface area contributed by atoms with Crippen LogP contribution in [0, 0.1) is 17.4 Å². The van der Waals surface area contributed by atoms with Crippen molar-refractivity contribution in [1.82, 2.24) is 5.32 Å². The number of rotatable bonds is 4. The second kappa shape index (κ2) is 8.87. The van der Waals surface area contributed by atoms with E-state index < -0.39 is 0 Å². The summed E-state index contributed by atoms with van der Waals surface area (Å²) in [5, 5.41) is 3.39. The first-order chi connectivity index (χ1) is 13.3.